The minimum absolute atomic E-state index is 0. The second-order valence-electron chi connectivity index (χ2n) is 5.73. The highest BCUT2D eigenvalue weighted by Crippen LogP contribution is 2.27. The number of hydrogen-bond donors (Lipinski definition) is 3. The summed E-state index contributed by atoms with van der Waals surface area (Å²) in [7, 11) is 0. The van der Waals surface area contributed by atoms with Gasteiger partial charge in [-0.05, 0) is 30.9 Å². The molecule has 0 spiro atoms. The van der Waals surface area contributed by atoms with Crippen molar-refractivity contribution >= 4 is 29.2 Å². The highest BCUT2D eigenvalue weighted by Gasteiger charge is 2.36. The van der Waals surface area contributed by atoms with Gasteiger partial charge in [-0.1, -0.05) is 31.0 Å². The summed E-state index contributed by atoms with van der Waals surface area (Å²) in [6.45, 7) is 0.639. The predicted molar refractivity (Wildman–Crippen MR) is 87.6 cm³/mol. The maximum atomic E-state index is 12.1. The van der Waals surface area contributed by atoms with Gasteiger partial charge < -0.3 is 16.0 Å². The van der Waals surface area contributed by atoms with Gasteiger partial charge in [0.25, 0.3) is 0 Å². The van der Waals surface area contributed by atoms with Crippen molar-refractivity contribution in [2.24, 2.45) is 5.73 Å². The molecule has 1 aliphatic rings. The van der Waals surface area contributed by atoms with Crippen LogP contribution in [0.1, 0.15) is 31.2 Å². The fourth-order valence-electron chi connectivity index (χ4n) is 3.06. The molecular weight excluding hydrogens is 286 g/mol. The molecule has 4 N–H and O–H groups in total. The van der Waals surface area contributed by atoms with E-state index in [1.807, 2.05) is 18.3 Å². The molecule has 0 aliphatic heterocycles. The van der Waals surface area contributed by atoms with Crippen LogP contribution in [-0.4, -0.2) is 23.0 Å². The van der Waals surface area contributed by atoms with Crippen LogP contribution in [0.5, 0.6) is 0 Å². The summed E-state index contributed by atoms with van der Waals surface area (Å²) >= 11 is 0. The maximum Gasteiger partial charge on any atom is 0.240 e. The first kappa shape index (κ1) is 15.9. The molecule has 0 saturated heterocycles. The van der Waals surface area contributed by atoms with Gasteiger partial charge in [0.15, 0.2) is 0 Å². The zero-order valence-corrected chi connectivity index (χ0v) is 12.8. The average Bonchev–Trinajstić information content (AvgIpc) is 3.07. The molecule has 21 heavy (non-hydrogen) atoms. The van der Waals surface area contributed by atoms with Crippen molar-refractivity contribution in [2.75, 3.05) is 6.54 Å². The molecular formula is C16H22ClN3O. The number of carbonyl (C=O) groups excluding carboxylic acids is 1. The van der Waals surface area contributed by atoms with E-state index in [0.29, 0.717) is 6.54 Å². The zero-order valence-electron chi connectivity index (χ0n) is 12.0. The largest absolute Gasteiger partial charge is 0.361 e. The van der Waals surface area contributed by atoms with E-state index < -0.39 is 5.54 Å². The number of H-pyrrole nitrogens is 1. The number of halogens is 1. The van der Waals surface area contributed by atoms with E-state index in [2.05, 4.69) is 22.4 Å². The molecule has 1 aliphatic carbocycles. The first-order valence-electron chi connectivity index (χ1n) is 7.31. The topological polar surface area (TPSA) is 70.9 Å². The van der Waals surface area contributed by atoms with Crippen LogP contribution in [0.15, 0.2) is 30.5 Å². The summed E-state index contributed by atoms with van der Waals surface area (Å²) in [4.78, 5) is 15.4. The third kappa shape index (κ3) is 3.22. The third-order valence-corrected chi connectivity index (χ3v) is 4.30. The van der Waals surface area contributed by atoms with Crippen LogP contribution in [0.25, 0.3) is 10.9 Å². The Morgan fingerprint density at radius 1 is 1.29 bits per heavy atom. The minimum atomic E-state index is -0.625. The Morgan fingerprint density at radius 3 is 2.76 bits per heavy atom. The Bertz CT molecular complexity index is 617. The van der Waals surface area contributed by atoms with Gasteiger partial charge in [0.2, 0.25) is 5.91 Å². The Morgan fingerprint density at radius 2 is 2.00 bits per heavy atom. The van der Waals surface area contributed by atoms with Crippen LogP contribution >= 0.6 is 12.4 Å². The van der Waals surface area contributed by atoms with Gasteiger partial charge in [-0.3, -0.25) is 4.79 Å². The van der Waals surface area contributed by atoms with E-state index in [4.69, 9.17) is 5.73 Å². The third-order valence-electron chi connectivity index (χ3n) is 4.30. The van der Waals surface area contributed by atoms with E-state index in [0.717, 1.165) is 37.6 Å². The summed E-state index contributed by atoms with van der Waals surface area (Å²) in [6, 6.07) is 8.21. The van der Waals surface area contributed by atoms with Crippen molar-refractivity contribution in [3.63, 3.8) is 0 Å². The number of nitrogens with one attached hydrogen (secondary N) is 2. The summed E-state index contributed by atoms with van der Waals surface area (Å²) < 4.78 is 0. The van der Waals surface area contributed by atoms with Gasteiger partial charge in [-0.2, -0.15) is 0 Å². The van der Waals surface area contributed by atoms with Crippen molar-refractivity contribution in [2.45, 2.75) is 37.6 Å². The fraction of sp³-hybridized carbons (Fsp3) is 0.438. The predicted octanol–water partition coefficient (Wildman–Crippen LogP) is 2.52. The van der Waals surface area contributed by atoms with Gasteiger partial charge in [0, 0.05) is 23.6 Å². The lowest BCUT2D eigenvalue weighted by Crippen LogP contribution is -2.52. The Hall–Kier alpha value is -1.52. The Kier molecular flexibility index (Phi) is 4.91. The molecule has 2 aromatic rings. The SMILES string of the molecule is Cl.NC1(C(=O)NCCc2c[nH]c3ccccc23)CCCC1. The van der Waals surface area contributed by atoms with Gasteiger partial charge in [-0.25, -0.2) is 0 Å². The quantitative estimate of drug-likeness (QED) is 0.812. The van der Waals surface area contributed by atoms with Crippen LogP contribution < -0.4 is 11.1 Å². The maximum absolute atomic E-state index is 12.1. The molecule has 1 fully saturated rings. The number of rotatable bonds is 4. The molecule has 1 heterocycles. The first-order chi connectivity index (χ1) is 9.69. The van der Waals surface area contributed by atoms with Crippen LogP contribution in [-0.2, 0) is 11.2 Å². The minimum Gasteiger partial charge on any atom is -0.361 e. The number of para-hydroxylation sites is 1. The number of fused-ring (bicyclic) bond motifs is 1. The smallest absolute Gasteiger partial charge is 0.240 e. The molecule has 0 radical (unpaired) electrons. The number of aromatic nitrogens is 1. The summed E-state index contributed by atoms with van der Waals surface area (Å²) in [5.74, 6) is 0.00911. The van der Waals surface area contributed by atoms with Crippen LogP contribution in [0, 0.1) is 0 Å². The molecule has 1 aromatic heterocycles. The van der Waals surface area contributed by atoms with E-state index in [1.54, 1.807) is 0 Å². The van der Waals surface area contributed by atoms with E-state index in [-0.39, 0.29) is 18.3 Å². The van der Waals surface area contributed by atoms with Crippen molar-refractivity contribution in [3.8, 4) is 0 Å². The molecule has 1 saturated carbocycles. The second-order valence-corrected chi connectivity index (χ2v) is 5.73. The molecule has 0 bridgehead atoms. The summed E-state index contributed by atoms with van der Waals surface area (Å²) in [5, 5.41) is 4.22. The number of amides is 1. The number of nitrogens with two attached hydrogens (primary N) is 1. The monoisotopic (exact) mass is 307 g/mol. The van der Waals surface area contributed by atoms with Crippen LogP contribution in [0.4, 0.5) is 0 Å². The standard InChI is InChI=1S/C16H21N3O.ClH/c17-16(8-3-4-9-16)15(20)18-10-7-12-11-19-14-6-2-1-5-13(12)14;/h1-2,5-6,11,19H,3-4,7-10,17H2,(H,18,20);1H. The molecule has 3 rings (SSSR count). The first-order valence-corrected chi connectivity index (χ1v) is 7.31. The number of aromatic amines is 1. The molecule has 0 atom stereocenters. The number of carbonyl (C=O) groups is 1. The number of hydrogen-bond acceptors (Lipinski definition) is 2. The van der Waals surface area contributed by atoms with E-state index >= 15 is 0 Å². The van der Waals surface area contributed by atoms with Crippen LogP contribution in [0.3, 0.4) is 0 Å². The molecule has 1 amide bonds. The van der Waals surface area contributed by atoms with Crippen LogP contribution in [0.2, 0.25) is 0 Å². The zero-order chi connectivity index (χ0) is 14.0. The highest BCUT2D eigenvalue weighted by molar-refractivity contribution is 5.86. The van der Waals surface area contributed by atoms with Gasteiger partial charge in [0.05, 0.1) is 5.54 Å². The number of benzene rings is 1. The van der Waals surface area contributed by atoms with Gasteiger partial charge in [0.1, 0.15) is 0 Å². The summed E-state index contributed by atoms with van der Waals surface area (Å²) in [5.41, 5.74) is 7.88. The molecule has 1 aromatic carbocycles. The average molecular weight is 308 g/mol. The van der Waals surface area contributed by atoms with Gasteiger partial charge >= 0.3 is 0 Å². The molecule has 114 valence electrons. The molecule has 0 unspecified atom stereocenters. The normalized spacial score (nSPS) is 16.6. The van der Waals surface area contributed by atoms with Gasteiger partial charge in [-0.15, -0.1) is 12.4 Å². The molecule has 4 nitrogen and oxygen atoms in total. The van der Waals surface area contributed by atoms with Crippen molar-refractivity contribution in [3.05, 3.63) is 36.0 Å². The summed E-state index contributed by atoms with van der Waals surface area (Å²) in [6.07, 6.45) is 6.59. The lowest BCUT2D eigenvalue weighted by Gasteiger charge is -2.22. The Balaban J connectivity index is 0.00000161. The lowest BCUT2D eigenvalue weighted by molar-refractivity contribution is -0.126. The second kappa shape index (κ2) is 6.50. The fourth-order valence-corrected chi connectivity index (χ4v) is 3.06. The van der Waals surface area contributed by atoms with Crippen molar-refractivity contribution in [1.82, 2.24) is 10.3 Å². The van der Waals surface area contributed by atoms with E-state index in [9.17, 15) is 4.79 Å². The highest BCUT2D eigenvalue weighted by atomic mass is 35.5. The molecule has 5 heteroatoms. The van der Waals surface area contributed by atoms with Crippen molar-refractivity contribution < 1.29 is 4.79 Å². The van der Waals surface area contributed by atoms with Crippen molar-refractivity contribution in [1.29, 1.82) is 0 Å². The Labute approximate surface area is 130 Å². The van der Waals surface area contributed by atoms with E-state index in [1.165, 1.54) is 10.9 Å². The lowest BCUT2D eigenvalue weighted by atomic mass is 9.98.